The molecular formula is C20H24N6. The molecule has 0 spiro atoms. The van der Waals surface area contributed by atoms with E-state index in [9.17, 15) is 0 Å². The van der Waals surface area contributed by atoms with Crippen molar-refractivity contribution in [3.8, 4) is 0 Å². The Labute approximate surface area is 152 Å². The molecule has 0 saturated heterocycles. The summed E-state index contributed by atoms with van der Waals surface area (Å²) in [5, 5.41) is 9.83. The third-order valence-electron chi connectivity index (χ3n) is 4.79. The zero-order valence-electron chi connectivity index (χ0n) is 15.9. The number of nitrogens with one attached hydrogen (secondary N) is 2. The number of hydrogen-bond donors (Lipinski definition) is 2. The summed E-state index contributed by atoms with van der Waals surface area (Å²) in [4.78, 5) is 15.7. The molecule has 4 aromatic rings. The zero-order valence-corrected chi connectivity index (χ0v) is 15.9. The van der Waals surface area contributed by atoms with E-state index >= 15 is 0 Å². The molecular weight excluding hydrogens is 324 g/mol. The van der Waals surface area contributed by atoms with Crippen molar-refractivity contribution in [1.82, 2.24) is 30.1 Å². The first kappa shape index (κ1) is 16.7. The molecule has 134 valence electrons. The lowest BCUT2D eigenvalue weighted by molar-refractivity contribution is 0.500. The highest BCUT2D eigenvalue weighted by molar-refractivity contribution is 5.76. The van der Waals surface area contributed by atoms with Gasteiger partial charge in [-0.05, 0) is 24.6 Å². The molecule has 6 nitrogen and oxygen atoms in total. The van der Waals surface area contributed by atoms with Crippen LogP contribution in [-0.2, 0) is 17.3 Å². The molecule has 6 heteroatoms. The van der Waals surface area contributed by atoms with E-state index < -0.39 is 0 Å². The van der Waals surface area contributed by atoms with Crippen molar-refractivity contribution < 1.29 is 0 Å². The Morgan fingerprint density at radius 2 is 1.77 bits per heavy atom. The molecule has 0 aliphatic rings. The zero-order chi connectivity index (χ0) is 18.5. The summed E-state index contributed by atoms with van der Waals surface area (Å²) < 4.78 is 0. The van der Waals surface area contributed by atoms with Gasteiger partial charge in [0.1, 0.15) is 5.52 Å². The average molecular weight is 348 g/mol. The maximum Gasteiger partial charge on any atom is 0.160 e. The van der Waals surface area contributed by atoms with E-state index in [2.05, 4.69) is 71.9 Å². The van der Waals surface area contributed by atoms with Gasteiger partial charge < -0.3 is 9.97 Å². The van der Waals surface area contributed by atoms with E-state index in [0.29, 0.717) is 0 Å². The summed E-state index contributed by atoms with van der Waals surface area (Å²) in [6, 6.07) is 6.25. The summed E-state index contributed by atoms with van der Waals surface area (Å²) >= 11 is 0. The van der Waals surface area contributed by atoms with E-state index in [1.165, 1.54) is 0 Å². The molecule has 0 amide bonds. The number of aromatic nitrogens is 6. The molecule has 0 bridgehead atoms. The molecule has 0 fully saturated rings. The Hall–Kier alpha value is -2.76. The second-order valence-electron chi connectivity index (χ2n) is 8.61. The molecule has 0 atom stereocenters. The van der Waals surface area contributed by atoms with Gasteiger partial charge in [-0.2, -0.15) is 5.10 Å². The quantitative estimate of drug-likeness (QED) is 0.585. The van der Waals surface area contributed by atoms with Crippen LogP contribution in [-0.4, -0.2) is 30.1 Å². The van der Waals surface area contributed by atoms with Gasteiger partial charge in [-0.3, -0.25) is 0 Å². The van der Waals surface area contributed by atoms with Gasteiger partial charge in [-0.25, -0.2) is 9.97 Å². The normalized spacial score (nSPS) is 13.0. The van der Waals surface area contributed by atoms with E-state index in [-0.39, 0.29) is 10.8 Å². The average Bonchev–Trinajstić information content (AvgIpc) is 3.17. The monoisotopic (exact) mass is 348 g/mol. The predicted octanol–water partition coefficient (Wildman–Crippen LogP) is 4.05. The fourth-order valence-corrected chi connectivity index (χ4v) is 3.17. The van der Waals surface area contributed by atoms with Crippen LogP contribution >= 0.6 is 0 Å². The summed E-state index contributed by atoms with van der Waals surface area (Å²) in [6.45, 7) is 10.8. The van der Waals surface area contributed by atoms with Crippen molar-refractivity contribution in [3.63, 3.8) is 0 Å². The third-order valence-corrected chi connectivity index (χ3v) is 4.79. The first-order valence-corrected chi connectivity index (χ1v) is 8.89. The molecule has 4 heterocycles. The fourth-order valence-electron chi connectivity index (χ4n) is 3.17. The molecule has 0 aliphatic heterocycles. The van der Waals surface area contributed by atoms with E-state index in [4.69, 9.17) is 4.98 Å². The molecule has 4 aromatic heterocycles. The Balaban J connectivity index is 1.66. The number of rotatable bonds is 3. The van der Waals surface area contributed by atoms with Crippen molar-refractivity contribution in [2.24, 2.45) is 0 Å². The highest BCUT2D eigenvalue weighted by Gasteiger charge is 2.25. The van der Waals surface area contributed by atoms with Crippen molar-refractivity contribution in [2.45, 2.75) is 51.9 Å². The Bertz CT molecular complexity index is 1080. The van der Waals surface area contributed by atoms with Gasteiger partial charge in [-0.15, -0.1) is 5.10 Å². The predicted molar refractivity (Wildman–Crippen MR) is 103 cm³/mol. The van der Waals surface area contributed by atoms with Gasteiger partial charge in [0.15, 0.2) is 11.3 Å². The first-order valence-electron chi connectivity index (χ1n) is 8.89. The minimum Gasteiger partial charge on any atom is -0.345 e. The third kappa shape index (κ3) is 2.96. The molecule has 26 heavy (non-hydrogen) atoms. The number of hydrogen-bond acceptors (Lipinski definition) is 4. The lowest BCUT2D eigenvalue weighted by Crippen LogP contribution is -2.22. The number of fused-ring (bicyclic) bond motifs is 2. The van der Waals surface area contributed by atoms with Crippen LogP contribution in [0.3, 0.4) is 0 Å². The SMILES string of the molecule is CC(C)(C)c1cc2cc(CC(C)(C)c3cnc4[nH]ccc4n3)[nH]c2nn1. The molecule has 2 N–H and O–H groups in total. The maximum atomic E-state index is 4.77. The van der Waals surface area contributed by atoms with Gasteiger partial charge >= 0.3 is 0 Å². The minimum absolute atomic E-state index is 0.0144. The van der Waals surface area contributed by atoms with Crippen LogP contribution in [0.25, 0.3) is 22.2 Å². The van der Waals surface area contributed by atoms with Crippen LogP contribution in [0.2, 0.25) is 0 Å². The van der Waals surface area contributed by atoms with Crippen molar-refractivity contribution in [1.29, 1.82) is 0 Å². The van der Waals surface area contributed by atoms with Gasteiger partial charge in [0.2, 0.25) is 0 Å². The minimum atomic E-state index is -0.153. The fraction of sp³-hybridized carbons (Fsp3) is 0.400. The second kappa shape index (κ2) is 5.62. The Kier molecular flexibility index (Phi) is 3.61. The summed E-state index contributed by atoms with van der Waals surface area (Å²) in [6.07, 6.45) is 4.54. The molecule has 0 radical (unpaired) electrons. The van der Waals surface area contributed by atoms with E-state index in [0.717, 1.165) is 45.7 Å². The Morgan fingerprint density at radius 3 is 2.54 bits per heavy atom. The summed E-state index contributed by atoms with van der Waals surface area (Å²) in [5.41, 5.74) is 5.48. The van der Waals surface area contributed by atoms with Crippen molar-refractivity contribution in [3.05, 3.63) is 47.7 Å². The number of H-pyrrole nitrogens is 2. The van der Waals surface area contributed by atoms with Crippen LogP contribution in [0.4, 0.5) is 0 Å². The molecule has 4 rings (SSSR count). The standard InChI is InChI=1S/C20H24N6/c1-19(2,3)15-9-12-8-13(23-17(12)26-25-15)10-20(4,5)16-11-22-18-14(24-16)6-7-21-18/h6-9,11H,10H2,1-5H3,(H,21,22)(H,23,26). The van der Waals surface area contributed by atoms with Crippen LogP contribution in [0, 0.1) is 0 Å². The van der Waals surface area contributed by atoms with E-state index in [1.807, 2.05) is 18.5 Å². The molecule has 0 saturated carbocycles. The van der Waals surface area contributed by atoms with Crippen molar-refractivity contribution >= 4 is 22.2 Å². The molecule has 0 aliphatic carbocycles. The highest BCUT2D eigenvalue weighted by Crippen LogP contribution is 2.29. The lowest BCUT2D eigenvalue weighted by atomic mass is 9.84. The number of nitrogens with zero attached hydrogens (tertiary/aromatic N) is 4. The lowest BCUT2D eigenvalue weighted by Gasteiger charge is -2.23. The topological polar surface area (TPSA) is 83.1 Å². The second-order valence-corrected chi connectivity index (χ2v) is 8.61. The summed E-state index contributed by atoms with van der Waals surface area (Å²) in [7, 11) is 0. The van der Waals surface area contributed by atoms with E-state index in [1.54, 1.807) is 0 Å². The largest absolute Gasteiger partial charge is 0.345 e. The van der Waals surface area contributed by atoms with Crippen LogP contribution in [0.5, 0.6) is 0 Å². The first-order chi connectivity index (χ1) is 12.2. The van der Waals surface area contributed by atoms with Gasteiger partial charge in [-0.1, -0.05) is 34.6 Å². The molecule has 0 unspecified atom stereocenters. The Morgan fingerprint density at radius 1 is 0.962 bits per heavy atom. The van der Waals surface area contributed by atoms with Gasteiger partial charge in [0, 0.05) is 28.1 Å². The van der Waals surface area contributed by atoms with Gasteiger partial charge in [0.05, 0.1) is 17.6 Å². The van der Waals surface area contributed by atoms with Crippen LogP contribution < -0.4 is 0 Å². The molecule has 0 aromatic carbocycles. The number of aromatic amines is 2. The smallest absolute Gasteiger partial charge is 0.160 e. The van der Waals surface area contributed by atoms with Crippen LogP contribution in [0.1, 0.15) is 51.7 Å². The van der Waals surface area contributed by atoms with Crippen LogP contribution in [0.15, 0.2) is 30.6 Å². The van der Waals surface area contributed by atoms with Crippen molar-refractivity contribution in [2.75, 3.05) is 0 Å². The maximum absolute atomic E-state index is 4.77. The summed E-state index contributed by atoms with van der Waals surface area (Å²) in [5.74, 6) is 0. The van der Waals surface area contributed by atoms with Gasteiger partial charge in [0.25, 0.3) is 0 Å². The highest BCUT2D eigenvalue weighted by atomic mass is 15.1.